The van der Waals surface area contributed by atoms with Gasteiger partial charge in [-0.15, -0.1) is 0 Å². The Morgan fingerprint density at radius 2 is 0.353 bits per heavy atom. The third-order valence-electron chi connectivity index (χ3n) is 0. The van der Waals surface area contributed by atoms with Crippen LogP contribution in [0.15, 0.2) is 0 Å². The summed E-state index contributed by atoms with van der Waals surface area (Å²) in [4.78, 5) is 0. The second kappa shape index (κ2) is 44.3. The molecule has 0 amide bonds. The predicted molar refractivity (Wildman–Crippen MR) is 27.4 cm³/mol. The van der Waals surface area contributed by atoms with Crippen molar-refractivity contribution in [1.29, 1.82) is 0 Å². The molecule has 0 aromatic rings. The number of hydrogen-bond donors (Lipinski definition) is 0. The van der Waals surface area contributed by atoms with Gasteiger partial charge in [0, 0.05) is 0 Å². The summed E-state index contributed by atoms with van der Waals surface area (Å²) in [5.74, 6) is 0. The monoisotopic (exact) mass is 526 g/mol. The summed E-state index contributed by atoms with van der Waals surface area (Å²) >= 11 is -12.3. The molecule has 0 aliphatic carbocycles. The molecule has 0 aliphatic rings. The van der Waals surface area contributed by atoms with Gasteiger partial charge in [-0.25, -0.2) is 0 Å². The van der Waals surface area contributed by atoms with Crippen molar-refractivity contribution in [2.75, 3.05) is 0 Å². The van der Waals surface area contributed by atoms with Gasteiger partial charge >= 0.3 is 82.2 Å². The SMILES string of the molecule is C.O.O.O.O.[O]=[Mo](=[O])=[O].[O]=[Mo](=[O])=[O].[O]=[Mo](=[O])=[O]. The van der Waals surface area contributed by atoms with Crippen molar-refractivity contribution < 1.29 is 104 Å². The molecule has 0 heterocycles. The molecule has 0 aliphatic heterocycles. The van der Waals surface area contributed by atoms with Crippen molar-refractivity contribution in [1.82, 2.24) is 0 Å². The van der Waals surface area contributed by atoms with Crippen molar-refractivity contribution >= 4 is 0 Å². The van der Waals surface area contributed by atoms with Crippen molar-refractivity contribution in [3.63, 3.8) is 0 Å². The fourth-order valence-corrected chi connectivity index (χ4v) is 0. The van der Waals surface area contributed by atoms with E-state index in [1.165, 1.54) is 0 Å². The molecule has 112 valence electrons. The maximum atomic E-state index is 8.59. The van der Waals surface area contributed by atoms with Gasteiger partial charge in [0.2, 0.25) is 0 Å². The zero-order valence-corrected chi connectivity index (χ0v) is 12.9. The number of hydrogen-bond acceptors (Lipinski definition) is 9. The molecule has 0 bridgehead atoms. The average molecular weight is 520 g/mol. The van der Waals surface area contributed by atoms with Gasteiger partial charge in [0.15, 0.2) is 0 Å². The van der Waals surface area contributed by atoms with E-state index in [2.05, 4.69) is 0 Å². The molecule has 16 heteroatoms. The van der Waals surface area contributed by atoms with Crippen LogP contribution in [0, 0.1) is 0 Å². The summed E-state index contributed by atoms with van der Waals surface area (Å²) < 4.78 is 77.3. The minimum absolute atomic E-state index is 0. The maximum absolute atomic E-state index is 8.59. The molecule has 0 aromatic heterocycles. The van der Waals surface area contributed by atoms with Crippen LogP contribution in [0.2, 0.25) is 0 Å². The fraction of sp³-hybridized carbons (Fsp3) is 1.00. The summed E-state index contributed by atoms with van der Waals surface area (Å²) in [5.41, 5.74) is 0. The van der Waals surface area contributed by atoms with Gasteiger partial charge in [-0.1, -0.05) is 7.43 Å². The first-order valence-corrected chi connectivity index (χ1v) is 8.87. The van der Waals surface area contributed by atoms with Crippen molar-refractivity contribution in [2.45, 2.75) is 7.43 Å². The molecule has 0 unspecified atom stereocenters. The van der Waals surface area contributed by atoms with Crippen LogP contribution in [0.3, 0.4) is 0 Å². The number of rotatable bonds is 0. The van der Waals surface area contributed by atoms with E-state index >= 15 is 0 Å². The Labute approximate surface area is 111 Å². The van der Waals surface area contributed by atoms with Gasteiger partial charge < -0.3 is 21.9 Å². The van der Waals surface area contributed by atoms with Gasteiger partial charge in [0.1, 0.15) is 0 Å². The van der Waals surface area contributed by atoms with Crippen LogP contribution in [0.25, 0.3) is 0 Å². The Hall–Kier alpha value is 0.105. The van der Waals surface area contributed by atoms with Crippen LogP contribution in [0.4, 0.5) is 0 Å². The van der Waals surface area contributed by atoms with E-state index in [1.54, 1.807) is 0 Å². The first-order valence-electron chi connectivity index (χ1n) is 1.50. The molecule has 0 aromatic carbocycles. The van der Waals surface area contributed by atoms with Crippen LogP contribution >= 0.6 is 0 Å². The summed E-state index contributed by atoms with van der Waals surface area (Å²) in [7, 11) is 0. The first kappa shape index (κ1) is 53.5. The molecule has 0 atom stereocenters. The quantitative estimate of drug-likeness (QED) is 0.283. The third kappa shape index (κ3) is 291000. The van der Waals surface area contributed by atoms with Crippen LogP contribution in [-0.4, -0.2) is 21.9 Å². The van der Waals surface area contributed by atoms with Crippen LogP contribution in [-0.2, 0) is 82.2 Å². The molecule has 0 spiro atoms. The van der Waals surface area contributed by atoms with Crippen LogP contribution in [0.1, 0.15) is 7.43 Å². The molecule has 0 fully saturated rings. The Morgan fingerprint density at radius 3 is 0.353 bits per heavy atom. The zero-order chi connectivity index (χ0) is 10.7. The van der Waals surface area contributed by atoms with Crippen molar-refractivity contribution in [3.8, 4) is 0 Å². The second-order valence-electron chi connectivity index (χ2n) is 0.612. The third-order valence-corrected chi connectivity index (χ3v) is 0. The molecule has 13 nitrogen and oxygen atoms in total. The standard InChI is InChI=1S/CH4.3Mo.4H2O.9O/h1H4;;;;4*1H2;;;;;;;;;. The van der Waals surface area contributed by atoms with Gasteiger partial charge in [0.05, 0.1) is 0 Å². The van der Waals surface area contributed by atoms with Crippen LogP contribution in [0.5, 0.6) is 0 Å². The van der Waals surface area contributed by atoms with E-state index in [-0.39, 0.29) is 29.3 Å². The predicted octanol–water partition coefficient (Wildman–Crippen LogP) is -3.74. The van der Waals surface area contributed by atoms with E-state index < -0.39 is 51.6 Å². The molecule has 0 rings (SSSR count). The fourth-order valence-electron chi connectivity index (χ4n) is 0. The average Bonchev–Trinajstić information content (AvgIpc) is 1.54. The topological polar surface area (TPSA) is 280 Å². The van der Waals surface area contributed by atoms with Gasteiger partial charge in [-0.3, -0.25) is 0 Å². The molecular formula is CH12Mo3O13. The van der Waals surface area contributed by atoms with E-state index in [4.69, 9.17) is 30.6 Å². The summed E-state index contributed by atoms with van der Waals surface area (Å²) in [5, 5.41) is 0. The zero-order valence-electron chi connectivity index (χ0n) is 6.90. The van der Waals surface area contributed by atoms with Crippen LogP contribution < -0.4 is 0 Å². The van der Waals surface area contributed by atoms with E-state index in [0.29, 0.717) is 0 Å². The van der Waals surface area contributed by atoms with Crippen molar-refractivity contribution in [2.24, 2.45) is 0 Å². The molecule has 8 N–H and O–H groups in total. The summed E-state index contributed by atoms with van der Waals surface area (Å²) in [6, 6.07) is 0. The van der Waals surface area contributed by atoms with Gasteiger partial charge in [-0.05, 0) is 0 Å². The molecule has 0 saturated heterocycles. The Kier molecular flexibility index (Phi) is 140. The van der Waals surface area contributed by atoms with E-state index in [1.807, 2.05) is 0 Å². The first-order chi connectivity index (χ1) is 5.20. The Bertz CT molecular complexity index is 296. The summed E-state index contributed by atoms with van der Waals surface area (Å²) in [6.45, 7) is 0. The molecule has 17 heavy (non-hydrogen) atoms. The Balaban J connectivity index is -0.0000000104. The molecule has 0 radical (unpaired) electrons. The summed E-state index contributed by atoms with van der Waals surface area (Å²) in [6.07, 6.45) is 0. The molecular weight excluding hydrogens is 508 g/mol. The van der Waals surface area contributed by atoms with Gasteiger partial charge in [0.25, 0.3) is 0 Å². The van der Waals surface area contributed by atoms with E-state index in [9.17, 15) is 0 Å². The normalized spacial score (nSPS) is 4.24. The molecule has 0 saturated carbocycles. The second-order valence-corrected chi connectivity index (χ2v) is 3.62. The Morgan fingerprint density at radius 1 is 0.353 bits per heavy atom. The van der Waals surface area contributed by atoms with Gasteiger partial charge in [-0.2, -0.15) is 0 Å². The van der Waals surface area contributed by atoms with E-state index in [0.717, 1.165) is 0 Å². The minimum atomic E-state index is -4.11. The van der Waals surface area contributed by atoms with Crippen molar-refractivity contribution in [3.05, 3.63) is 0 Å².